The van der Waals surface area contributed by atoms with E-state index in [9.17, 15) is 5.11 Å². The highest BCUT2D eigenvalue weighted by Gasteiger charge is 2.26. The van der Waals surface area contributed by atoms with Crippen LogP contribution >= 0.6 is 0 Å². The van der Waals surface area contributed by atoms with Gasteiger partial charge < -0.3 is 9.84 Å². The van der Waals surface area contributed by atoms with Crippen LogP contribution in [0.15, 0.2) is 12.3 Å². The Labute approximate surface area is 126 Å². The minimum absolute atomic E-state index is 0.0540. The highest BCUT2D eigenvalue weighted by atomic mass is 16.5. The van der Waals surface area contributed by atoms with Crippen LogP contribution in [0.5, 0.6) is 0 Å². The van der Waals surface area contributed by atoms with Crippen molar-refractivity contribution >= 4 is 0 Å². The fraction of sp³-hybridized carbons (Fsp3) is 0.812. The Hall–Kier alpha value is -0.910. The van der Waals surface area contributed by atoms with Gasteiger partial charge in [0, 0.05) is 25.3 Å². The molecule has 2 aliphatic rings. The molecule has 2 unspecified atom stereocenters. The number of hydrogen-bond donors (Lipinski definition) is 1. The summed E-state index contributed by atoms with van der Waals surface area (Å²) in [6.45, 7) is 4.59. The summed E-state index contributed by atoms with van der Waals surface area (Å²) in [6, 6.07) is 3.12. The molecule has 0 aromatic carbocycles. The maximum absolute atomic E-state index is 9.26. The molecule has 118 valence electrons. The van der Waals surface area contributed by atoms with Gasteiger partial charge in [0.05, 0.1) is 31.1 Å². The van der Waals surface area contributed by atoms with E-state index in [1.54, 1.807) is 0 Å². The fourth-order valence-corrected chi connectivity index (χ4v) is 3.42. The lowest BCUT2D eigenvalue weighted by atomic mass is 9.96. The lowest BCUT2D eigenvalue weighted by Gasteiger charge is -2.36. The minimum Gasteiger partial charge on any atom is -0.394 e. The zero-order valence-electron chi connectivity index (χ0n) is 12.9. The number of aromatic nitrogens is 2. The topological polar surface area (TPSA) is 50.5 Å². The van der Waals surface area contributed by atoms with Crippen LogP contribution in [-0.4, -0.2) is 51.7 Å². The Kier molecular flexibility index (Phi) is 4.93. The number of morpholine rings is 1. The molecule has 0 bridgehead atoms. The van der Waals surface area contributed by atoms with Crippen molar-refractivity contribution in [3.8, 4) is 0 Å². The molecule has 2 heterocycles. The van der Waals surface area contributed by atoms with Crippen molar-refractivity contribution in [3.63, 3.8) is 0 Å². The van der Waals surface area contributed by atoms with E-state index in [0.717, 1.165) is 18.8 Å². The molecule has 0 spiro atoms. The lowest BCUT2D eigenvalue weighted by molar-refractivity contribution is -0.0809. The molecule has 5 nitrogen and oxygen atoms in total. The van der Waals surface area contributed by atoms with Gasteiger partial charge in [0.25, 0.3) is 0 Å². The average molecular weight is 293 g/mol. The molecule has 0 amide bonds. The summed E-state index contributed by atoms with van der Waals surface area (Å²) in [5, 5.41) is 14.0. The van der Waals surface area contributed by atoms with Gasteiger partial charge in [0.1, 0.15) is 0 Å². The SMILES string of the molecule is CC1COC(CO)CN1Cc1ccn(C2CCCCC2)n1. The van der Waals surface area contributed by atoms with Gasteiger partial charge in [-0.05, 0) is 25.8 Å². The molecule has 1 N–H and O–H groups in total. The van der Waals surface area contributed by atoms with Gasteiger partial charge in [0.2, 0.25) is 0 Å². The van der Waals surface area contributed by atoms with Crippen LogP contribution in [0.1, 0.15) is 50.8 Å². The van der Waals surface area contributed by atoms with Crippen molar-refractivity contribution in [2.24, 2.45) is 0 Å². The standard InChI is InChI=1S/C16H27N3O2/c1-13-12-21-16(11-20)10-18(13)9-14-7-8-19(17-14)15-5-3-2-4-6-15/h7-8,13,15-16,20H,2-6,9-12H2,1H3. The van der Waals surface area contributed by atoms with E-state index in [0.29, 0.717) is 18.7 Å². The van der Waals surface area contributed by atoms with Gasteiger partial charge in [-0.3, -0.25) is 9.58 Å². The highest BCUT2D eigenvalue weighted by molar-refractivity contribution is 5.01. The molecular weight excluding hydrogens is 266 g/mol. The van der Waals surface area contributed by atoms with E-state index in [-0.39, 0.29) is 12.7 Å². The number of rotatable bonds is 4. The van der Waals surface area contributed by atoms with Gasteiger partial charge in [-0.1, -0.05) is 19.3 Å². The quantitative estimate of drug-likeness (QED) is 0.922. The van der Waals surface area contributed by atoms with Crippen LogP contribution in [0.4, 0.5) is 0 Å². The Morgan fingerprint density at radius 3 is 2.90 bits per heavy atom. The van der Waals surface area contributed by atoms with Crippen LogP contribution < -0.4 is 0 Å². The first-order valence-electron chi connectivity index (χ1n) is 8.27. The number of ether oxygens (including phenoxy) is 1. The first-order chi connectivity index (χ1) is 10.3. The number of hydrogen-bond acceptors (Lipinski definition) is 4. The third-order valence-corrected chi connectivity index (χ3v) is 4.82. The van der Waals surface area contributed by atoms with Crippen molar-refractivity contribution in [1.29, 1.82) is 0 Å². The summed E-state index contributed by atoms with van der Waals surface area (Å²) in [7, 11) is 0. The Morgan fingerprint density at radius 1 is 1.33 bits per heavy atom. The third kappa shape index (κ3) is 3.65. The first kappa shape index (κ1) is 15.0. The van der Waals surface area contributed by atoms with Crippen molar-refractivity contribution in [1.82, 2.24) is 14.7 Å². The van der Waals surface area contributed by atoms with E-state index in [1.807, 2.05) is 0 Å². The van der Waals surface area contributed by atoms with Crippen LogP contribution in [0, 0.1) is 0 Å². The molecule has 5 heteroatoms. The fourth-order valence-electron chi connectivity index (χ4n) is 3.42. The molecular formula is C16H27N3O2. The van der Waals surface area contributed by atoms with Crippen LogP contribution in [-0.2, 0) is 11.3 Å². The van der Waals surface area contributed by atoms with Crippen LogP contribution in [0.3, 0.4) is 0 Å². The lowest BCUT2D eigenvalue weighted by Crippen LogP contribution is -2.48. The van der Waals surface area contributed by atoms with Gasteiger partial charge in [-0.25, -0.2) is 0 Å². The number of aliphatic hydroxyl groups is 1. The molecule has 2 fully saturated rings. The van der Waals surface area contributed by atoms with E-state index >= 15 is 0 Å². The molecule has 0 radical (unpaired) electrons. The normalized spacial score (nSPS) is 28.9. The van der Waals surface area contributed by atoms with Crippen LogP contribution in [0.25, 0.3) is 0 Å². The second-order valence-corrected chi connectivity index (χ2v) is 6.50. The van der Waals surface area contributed by atoms with E-state index in [1.165, 1.54) is 32.1 Å². The smallest absolute Gasteiger partial charge is 0.0933 e. The van der Waals surface area contributed by atoms with Crippen molar-refractivity contribution < 1.29 is 9.84 Å². The molecule has 1 aliphatic heterocycles. The highest BCUT2D eigenvalue weighted by Crippen LogP contribution is 2.27. The van der Waals surface area contributed by atoms with E-state index in [2.05, 4.69) is 28.8 Å². The summed E-state index contributed by atoms with van der Waals surface area (Å²) < 4.78 is 7.76. The van der Waals surface area contributed by atoms with Crippen molar-refractivity contribution in [2.45, 2.75) is 63.8 Å². The summed E-state index contributed by atoms with van der Waals surface area (Å²) in [5.41, 5.74) is 1.13. The van der Waals surface area contributed by atoms with Crippen molar-refractivity contribution in [2.75, 3.05) is 19.8 Å². The predicted octanol–water partition coefficient (Wildman–Crippen LogP) is 1.97. The second-order valence-electron chi connectivity index (χ2n) is 6.50. The molecule has 1 saturated carbocycles. The molecule has 1 aromatic rings. The molecule has 1 aromatic heterocycles. The Balaban J connectivity index is 1.60. The van der Waals surface area contributed by atoms with Gasteiger partial charge >= 0.3 is 0 Å². The summed E-state index contributed by atoms with van der Waals surface area (Å²) in [6.07, 6.45) is 8.65. The van der Waals surface area contributed by atoms with Crippen molar-refractivity contribution in [3.05, 3.63) is 18.0 Å². The van der Waals surface area contributed by atoms with E-state index in [4.69, 9.17) is 9.84 Å². The Bertz CT molecular complexity index is 442. The molecule has 1 aliphatic carbocycles. The zero-order chi connectivity index (χ0) is 14.7. The number of nitrogens with zero attached hydrogens (tertiary/aromatic N) is 3. The third-order valence-electron chi connectivity index (χ3n) is 4.82. The summed E-state index contributed by atoms with van der Waals surface area (Å²) in [4.78, 5) is 2.36. The van der Waals surface area contributed by atoms with Gasteiger partial charge in [0.15, 0.2) is 0 Å². The molecule has 2 atom stereocenters. The van der Waals surface area contributed by atoms with Gasteiger partial charge in [-0.15, -0.1) is 0 Å². The largest absolute Gasteiger partial charge is 0.394 e. The monoisotopic (exact) mass is 293 g/mol. The second kappa shape index (κ2) is 6.90. The Morgan fingerprint density at radius 2 is 2.14 bits per heavy atom. The zero-order valence-corrected chi connectivity index (χ0v) is 12.9. The average Bonchev–Trinajstić information content (AvgIpc) is 2.99. The molecule has 21 heavy (non-hydrogen) atoms. The maximum Gasteiger partial charge on any atom is 0.0933 e. The van der Waals surface area contributed by atoms with E-state index < -0.39 is 0 Å². The summed E-state index contributed by atoms with van der Waals surface area (Å²) >= 11 is 0. The maximum atomic E-state index is 9.26. The minimum atomic E-state index is -0.0540. The first-order valence-corrected chi connectivity index (χ1v) is 8.27. The van der Waals surface area contributed by atoms with Crippen LogP contribution in [0.2, 0.25) is 0 Å². The van der Waals surface area contributed by atoms with Gasteiger partial charge in [-0.2, -0.15) is 5.10 Å². The molecule has 1 saturated heterocycles. The summed E-state index contributed by atoms with van der Waals surface area (Å²) in [5.74, 6) is 0. The molecule has 3 rings (SSSR count). The number of aliphatic hydroxyl groups excluding tert-OH is 1. The predicted molar refractivity (Wildman–Crippen MR) is 81.0 cm³/mol.